The molecule has 1 fully saturated rings. The molecule has 3 aliphatic rings. The summed E-state index contributed by atoms with van der Waals surface area (Å²) < 4.78 is 11.5. The van der Waals surface area contributed by atoms with E-state index < -0.39 is 0 Å². The summed E-state index contributed by atoms with van der Waals surface area (Å²) in [6, 6.07) is 7.55. The van der Waals surface area contributed by atoms with Crippen molar-refractivity contribution in [1.29, 1.82) is 0 Å². The highest BCUT2D eigenvalue weighted by atomic mass is 16.6. The van der Waals surface area contributed by atoms with Gasteiger partial charge >= 0.3 is 0 Å². The average molecular weight is 355 g/mol. The lowest BCUT2D eigenvalue weighted by molar-refractivity contribution is -0.119. The SMILES string of the molecule is O=C1CC2(CCCCC2)CC(O)=C1C=NC[C@@H]1COc2ccccc2O1. The number of ketones is 1. The van der Waals surface area contributed by atoms with Crippen molar-refractivity contribution >= 4 is 12.0 Å². The van der Waals surface area contributed by atoms with Crippen molar-refractivity contribution in [3.8, 4) is 11.5 Å². The summed E-state index contributed by atoms with van der Waals surface area (Å²) in [6.45, 7) is 0.819. The Balaban J connectivity index is 1.39. The van der Waals surface area contributed by atoms with E-state index in [1.54, 1.807) is 0 Å². The molecule has 138 valence electrons. The van der Waals surface area contributed by atoms with Crippen molar-refractivity contribution in [2.24, 2.45) is 10.4 Å². The van der Waals surface area contributed by atoms with Crippen molar-refractivity contribution in [2.75, 3.05) is 13.2 Å². The third-order valence-corrected chi connectivity index (χ3v) is 5.70. The number of ether oxygens (including phenoxy) is 2. The largest absolute Gasteiger partial charge is 0.511 e. The average Bonchev–Trinajstić information content (AvgIpc) is 2.64. The Kier molecular flexibility index (Phi) is 4.70. The molecule has 1 aliphatic heterocycles. The fourth-order valence-electron chi connectivity index (χ4n) is 4.33. The van der Waals surface area contributed by atoms with Crippen LogP contribution in [0.2, 0.25) is 0 Å². The van der Waals surface area contributed by atoms with Crippen molar-refractivity contribution in [3.05, 3.63) is 35.6 Å². The summed E-state index contributed by atoms with van der Waals surface area (Å²) in [7, 11) is 0. The predicted molar refractivity (Wildman–Crippen MR) is 99.1 cm³/mol. The van der Waals surface area contributed by atoms with Crippen LogP contribution in [0, 0.1) is 5.41 Å². The van der Waals surface area contributed by atoms with Gasteiger partial charge in [-0.25, -0.2) is 0 Å². The molecule has 0 amide bonds. The van der Waals surface area contributed by atoms with Crippen LogP contribution in [0.4, 0.5) is 0 Å². The summed E-state index contributed by atoms with van der Waals surface area (Å²) in [5.74, 6) is 1.69. The third kappa shape index (κ3) is 3.48. The number of hydrogen-bond acceptors (Lipinski definition) is 5. The molecule has 0 saturated heterocycles. The lowest BCUT2D eigenvalue weighted by Crippen LogP contribution is -2.34. The minimum absolute atomic E-state index is 0.0131. The van der Waals surface area contributed by atoms with E-state index in [1.807, 2.05) is 24.3 Å². The summed E-state index contributed by atoms with van der Waals surface area (Å²) in [5.41, 5.74) is 0.360. The summed E-state index contributed by atoms with van der Waals surface area (Å²) >= 11 is 0. The number of aliphatic imine (C=N–C) groups is 1. The molecule has 1 atom stereocenters. The van der Waals surface area contributed by atoms with Gasteiger partial charge in [0.2, 0.25) is 0 Å². The van der Waals surface area contributed by atoms with E-state index in [4.69, 9.17) is 9.47 Å². The molecule has 1 N–H and O–H groups in total. The molecule has 1 saturated carbocycles. The van der Waals surface area contributed by atoms with E-state index in [1.165, 1.54) is 12.6 Å². The summed E-state index contributed by atoms with van der Waals surface area (Å²) in [4.78, 5) is 16.9. The molecule has 2 aliphatic carbocycles. The highest BCUT2D eigenvalue weighted by Gasteiger charge is 2.40. The molecule has 26 heavy (non-hydrogen) atoms. The zero-order valence-corrected chi connectivity index (χ0v) is 14.9. The molecule has 1 aromatic rings. The van der Waals surface area contributed by atoms with Crippen LogP contribution in [0.25, 0.3) is 0 Å². The minimum atomic E-state index is -0.188. The predicted octanol–water partition coefficient (Wildman–Crippen LogP) is 4.02. The van der Waals surface area contributed by atoms with Gasteiger partial charge in [-0.05, 0) is 30.4 Å². The minimum Gasteiger partial charge on any atom is -0.511 e. The Morgan fingerprint density at radius 2 is 1.92 bits per heavy atom. The third-order valence-electron chi connectivity index (χ3n) is 5.70. The molecule has 4 rings (SSSR count). The van der Waals surface area contributed by atoms with Gasteiger partial charge in [-0.15, -0.1) is 0 Å². The monoisotopic (exact) mass is 355 g/mol. The number of allylic oxidation sites excluding steroid dienone is 2. The summed E-state index contributed by atoms with van der Waals surface area (Å²) in [6.07, 6.45) is 8.12. The molecule has 1 spiro atoms. The smallest absolute Gasteiger partial charge is 0.168 e. The van der Waals surface area contributed by atoms with Gasteiger partial charge in [-0.1, -0.05) is 31.4 Å². The first-order valence-electron chi connectivity index (χ1n) is 9.49. The number of rotatable bonds is 3. The number of nitrogens with zero attached hydrogens (tertiary/aromatic N) is 1. The van der Waals surface area contributed by atoms with E-state index in [0.29, 0.717) is 37.3 Å². The molecule has 5 nitrogen and oxygen atoms in total. The van der Waals surface area contributed by atoms with Crippen LogP contribution >= 0.6 is 0 Å². The second-order valence-corrected chi connectivity index (χ2v) is 7.69. The van der Waals surface area contributed by atoms with Crippen molar-refractivity contribution in [1.82, 2.24) is 0 Å². The lowest BCUT2D eigenvalue weighted by atomic mass is 9.65. The first-order chi connectivity index (χ1) is 12.7. The topological polar surface area (TPSA) is 68.1 Å². The van der Waals surface area contributed by atoms with Crippen LogP contribution in [-0.4, -0.2) is 36.4 Å². The van der Waals surface area contributed by atoms with Crippen LogP contribution in [0.15, 0.2) is 40.6 Å². The van der Waals surface area contributed by atoms with E-state index >= 15 is 0 Å². The second-order valence-electron chi connectivity index (χ2n) is 7.69. The van der Waals surface area contributed by atoms with E-state index in [-0.39, 0.29) is 23.1 Å². The zero-order chi connectivity index (χ0) is 18.0. The number of benzene rings is 1. The van der Waals surface area contributed by atoms with Crippen molar-refractivity contribution < 1.29 is 19.4 Å². The van der Waals surface area contributed by atoms with Crippen LogP contribution < -0.4 is 9.47 Å². The Morgan fingerprint density at radius 3 is 2.69 bits per heavy atom. The number of aliphatic hydroxyl groups excluding tert-OH is 1. The molecular formula is C21H25NO4. The molecule has 1 heterocycles. The standard InChI is InChI=1S/C21H25NO4/c23-17-10-21(8-4-1-5-9-21)11-18(24)16(17)13-22-12-15-14-25-19-6-2-3-7-20(19)26-15/h2-3,6-7,13,15,23H,1,4-5,8-12,14H2/t15-/m1/s1. The van der Waals surface area contributed by atoms with Crippen LogP contribution in [-0.2, 0) is 4.79 Å². The fraction of sp³-hybridized carbons (Fsp3) is 0.524. The van der Waals surface area contributed by atoms with Gasteiger partial charge in [0, 0.05) is 19.1 Å². The lowest BCUT2D eigenvalue weighted by Gasteiger charge is -2.39. The highest BCUT2D eigenvalue weighted by molar-refractivity contribution is 6.14. The highest BCUT2D eigenvalue weighted by Crippen LogP contribution is 2.47. The number of Topliss-reactive ketones (excluding diaryl/α,β-unsaturated/α-hetero) is 1. The van der Waals surface area contributed by atoms with Crippen LogP contribution in [0.3, 0.4) is 0 Å². The number of para-hydroxylation sites is 2. The number of hydrogen-bond donors (Lipinski definition) is 1. The number of fused-ring (bicyclic) bond motifs is 1. The molecule has 0 aromatic heterocycles. The maximum Gasteiger partial charge on any atom is 0.168 e. The fourth-order valence-corrected chi connectivity index (χ4v) is 4.33. The van der Waals surface area contributed by atoms with Gasteiger partial charge < -0.3 is 14.6 Å². The van der Waals surface area contributed by atoms with E-state index in [0.717, 1.165) is 31.4 Å². The maximum atomic E-state index is 12.6. The Morgan fingerprint density at radius 1 is 1.15 bits per heavy atom. The molecule has 1 aromatic carbocycles. The molecule has 0 bridgehead atoms. The molecule has 0 unspecified atom stereocenters. The normalized spacial score (nSPS) is 25.1. The number of carbonyl (C=O) groups is 1. The van der Waals surface area contributed by atoms with Gasteiger partial charge in [0.15, 0.2) is 23.4 Å². The van der Waals surface area contributed by atoms with Crippen molar-refractivity contribution in [3.63, 3.8) is 0 Å². The van der Waals surface area contributed by atoms with Gasteiger partial charge in [0.1, 0.15) is 12.4 Å². The number of aliphatic hydroxyl groups is 1. The van der Waals surface area contributed by atoms with Crippen LogP contribution in [0.5, 0.6) is 11.5 Å². The van der Waals surface area contributed by atoms with Crippen LogP contribution in [0.1, 0.15) is 44.9 Å². The Labute approximate surface area is 153 Å². The van der Waals surface area contributed by atoms with Gasteiger partial charge in [0.05, 0.1) is 12.1 Å². The Hall–Kier alpha value is -2.30. The van der Waals surface area contributed by atoms with Gasteiger partial charge in [0.25, 0.3) is 0 Å². The Bertz CT molecular complexity index is 746. The first-order valence-corrected chi connectivity index (χ1v) is 9.49. The first kappa shape index (κ1) is 17.1. The second kappa shape index (κ2) is 7.14. The molecule has 5 heteroatoms. The quantitative estimate of drug-likeness (QED) is 0.832. The number of carbonyl (C=O) groups excluding carboxylic acids is 1. The zero-order valence-electron chi connectivity index (χ0n) is 14.9. The van der Waals surface area contributed by atoms with Gasteiger partial charge in [-0.3, -0.25) is 9.79 Å². The maximum absolute atomic E-state index is 12.6. The molecular weight excluding hydrogens is 330 g/mol. The van der Waals surface area contributed by atoms with E-state index in [9.17, 15) is 9.90 Å². The van der Waals surface area contributed by atoms with Gasteiger partial charge in [-0.2, -0.15) is 0 Å². The van der Waals surface area contributed by atoms with E-state index in [2.05, 4.69) is 4.99 Å². The molecule has 0 radical (unpaired) electrons. The summed E-state index contributed by atoms with van der Waals surface area (Å²) in [5, 5.41) is 10.4. The van der Waals surface area contributed by atoms with Crippen molar-refractivity contribution in [2.45, 2.75) is 51.0 Å².